The van der Waals surface area contributed by atoms with Crippen LogP contribution in [0.2, 0.25) is 5.02 Å². The average molecular weight is 558 g/mol. The van der Waals surface area contributed by atoms with Gasteiger partial charge < -0.3 is 4.90 Å². The van der Waals surface area contributed by atoms with Gasteiger partial charge in [0.15, 0.2) is 9.84 Å². The molecule has 1 aliphatic rings. The lowest BCUT2D eigenvalue weighted by Gasteiger charge is -2.35. The highest BCUT2D eigenvalue weighted by Gasteiger charge is 2.53. The zero-order chi connectivity index (χ0) is 23.1. The molecule has 0 radical (unpaired) electrons. The van der Waals surface area contributed by atoms with E-state index in [0.717, 1.165) is 27.3 Å². The molecule has 0 aliphatic carbocycles. The molecule has 3 aromatic rings. The molecule has 1 saturated heterocycles. The number of nitrogens with zero attached hydrogens (tertiary/aromatic N) is 2. The quantitative estimate of drug-likeness (QED) is 0.445. The van der Waals surface area contributed by atoms with Crippen LogP contribution in [0, 0.1) is 6.92 Å². The number of halogens is 3. The number of thiazole rings is 1. The van der Waals surface area contributed by atoms with Gasteiger partial charge in [0.25, 0.3) is 10.9 Å². The smallest absolute Gasteiger partial charge is 0.278 e. The summed E-state index contributed by atoms with van der Waals surface area (Å²) in [6, 6.07) is 12.5. The number of alkyl halides is 1. The first kappa shape index (κ1) is 23.4. The van der Waals surface area contributed by atoms with Crippen molar-refractivity contribution in [1.29, 1.82) is 0 Å². The van der Waals surface area contributed by atoms with E-state index >= 15 is 4.39 Å². The van der Waals surface area contributed by atoms with Gasteiger partial charge in [0, 0.05) is 34.1 Å². The number of hydrogen-bond acceptors (Lipinski definition) is 5. The molecular formula is C22H19BrClFN2O3S2. The van der Waals surface area contributed by atoms with Crippen LogP contribution in [0.15, 0.2) is 53.1 Å². The summed E-state index contributed by atoms with van der Waals surface area (Å²) in [5, 5.41) is -2.56. The fraction of sp³-hybridized carbons (Fsp3) is 0.273. The van der Waals surface area contributed by atoms with Crippen molar-refractivity contribution >= 4 is 54.6 Å². The van der Waals surface area contributed by atoms with Crippen molar-refractivity contribution in [2.24, 2.45) is 0 Å². The molecule has 1 aliphatic heterocycles. The van der Waals surface area contributed by atoms with E-state index in [0.29, 0.717) is 15.9 Å². The summed E-state index contributed by atoms with van der Waals surface area (Å²) in [5.41, 5.74) is 2.41. The Morgan fingerprint density at radius 3 is 2.78 bits per heavy atom. The predicted molar refractivity (Wildman–Crippen MR) is 128 cm³/mol. The summed E-state index contributed by atoms with van der Waals surface area (Å²) in [6.45, 7) is 1.28. The molecule has 0 bridgehead atoms. The monoisotopic (exact) mass is 556 g/mol. The van der Waals surface area contributed by atoms with Crippen molar-refractivity contribution in [2.45, 2.75) is 18.3 Å². The second-order valence-corrected chi connectivity index (χ2v) is 12.3. The number of amides is 1. The number of sulfone groups is 1. The van der Waals surface area contributed by atoms with Crippen LogP contribution in [0.1, 0.15) is 31.4 Å². The van der Waals surface area contributed by atoms with E-state index in [2.05, 4.69) is 20.9 Å². The molecule has 0 unspecified atom stereocenters. The number of hydrogen-bond donors (Lipinski definition) is 0. The Bertz CT molecular complexity index is 1300. The van der Waals surface area contributed by atoms with Gasteiger partial charge in [-0.2, -0.15) is 0 Å². The summed E-state index contributed by atoms with van der Waals surface area (Å²) >= 11 is 10.4. The number of aryl methyl sites for hydroxylation is 1. The molecular weight excluding hydrogens is 539 g/mol. The van der Waals surface area contributed by atoms with E-state index < -0.39 is 33.0 Å². The largest absolute Gasteiger partial charge is 0.333 e. The Labute approximate surface area is 203 Å². The lowest BCUT2D eigenvalue weighted by atomic mass is 10.1. The molecule has 1 fully saturated rings. The van der Waals surface area contributed by atoms with Gasteiger partial charge in [-0.25, -0.2) is 17.8 Å². The van der Waals surface area contributed by atoms with Crippen LogP contribution in [0.3, 0.4) is 0 Å². The third-order valence-corrected chi connectivity index (χ3v) is 9.99. The first-order chi connectivity index (χ1) is 15.1. The van der Waals surface area contributed by atoms with Crippen molar-refractivity contribution in [3.05, 3.63) is 84.7 Å². The summed E-state index contributed by atoms with van der Waals surface area (Å²) in [4.78, 5) is 19.0. The van der Waals surface area contributed by atoms with Crippen molar-refractivity contribution in [3.8, 4) is 0 Å². The molecule has 4 rings (SSSR count). The molecule has 168 valence electrons. The Kier molecular flexibility index (Phi) is 6.46. The molecule has 0 saturated carbocycles. The van der Waals surface area contributed by atoms with Crippen LogP contribution in [0.4, 0.5) is 4.39 Å². The lowest BCUT2D eigenvalue weighted by molar-refractivity contribution is 0.0666. The molecule has 5 nitrogen and oxygen atoms in total. The minimum atomic E-state index is -4.15. The highest BCUT2D eigenvalue weighted by Crippen LogP contribution is 2.40. The van der Waals surface area contributed by atoms with Gasteiger partial charge in [0.1, 0.15) is 5.01 Å². The molecule has 0 spiro atoms. The van der Waals surface area contributed by atoms with Crippen LogP contribution in [0.25, 0.3) is 0 Å². The molecule has 2 aromatic carbocycles. The van der Waals surface area contributed by atoms with Gasteiger partial charge in [-0.15, -0.1) is 11.3 Å². The number of aromatic nitrogens is 1. The number of carbonyl (C=O) groups excluding carboxylic acids is 1. The Balaban J connectivity index is 1.61. The maximum atomic E-state index is 16.1. The highest BCUT2D eigenvalue weighted by molar-refractivity contribution is 9.10. The zero-order valence-electron chi connectivity index (χ0n) is 17.0. The van der Waals surface area contributed by atoms with E-state index in [1.807, 2.05) is 31.2 Å². The van der Waals surface area contributed by atoms with E-state index in [4.69, 9.17) is 11.6 Å². The second-order valence-electron chi connectivity index (χ2n) is 7.64. The molecule has 1 amide bonds. The van der Waals surface area contributed by atoms with Crippen LogP contribution >= 0.6 is 38.9 Å². The third-order valence-electron chi connectivity index (χ3n) is 5.47. The van der Waals surface area contributed by atoms with E-state index in [1.165, 1.54) is 17.2 Å². The summed E-state index contributed by atoms with van der Waals surface area (Å²) in [5.74, 6) is -0.959. The van der Waals surface area contributed by atoms with Gasteiger partial charge in [-0.3, -0.25) is 4.79 Å². The SMILES string of the molecule is Cc1ccccc1Cc1cnc([C@@]2(F)CN(C(=O)c3ccc(Br)c(Cl)c3)CCS2(=O)=O)s1. The fourth-order valence-electron chi connectivity index (χ4n) is 3.56. The Morgan fingerprint density at radius 2 is 2.06 bits per heavy atom. The number of carbonyl (C=O) groups is 1. The first-order valence-electron chi connectivity index (χ1n) is 9.76. The topological polar surface area (TPSA) is 67.3 Å². The molecule has 2 heterocycles. The summed E-state index contributed by atoms with van der Waals surface area (Å²) in [7, 11) is -4.15. The van der Waals surface area contributed by atoms with Crippen molar-refractivity contribution in [1.82, 2.24) is 9.88 Å². The third kappa shape index (κ3) is 4.35. The van der Waals surface area contributed by atoms with Crippen molar-refractivity contribution in [3.63, 3.8) is 0 Å². The minimum Gasteiger partial charge on any atom is -0.333 e. The molecule has 0 N–H and O–H groups in total. The molecule has 1 atom stereocenters. The van der Waals surface area contributed by atoms with E-state index in [9.17, 15) is 13.2 Å². The zero-order valence-corrected chi connectivity index (χ0v) is 21.0. The van der Waals surface area contributed by atoms with Gasteiger partial charge in [0.05, 0.1) is 17.3 Å². The van der Waals surface area contributed by atoms with Gasteiger partial charge >= 0.3 is 0 Å². The van der Waals surface area contributed by atoms with Crippen LogP contribution < -0.4 is 0 Å². The fourth-order valence-corrected chi connectivity index (χ4v) is 6.85. The predicted octanol–water partition coefficient (Wildman–Crippen LogP) is 5.15. The minimum absolute atomic E-state index is 0.0953. The number of benzene rings is 2. The van der Waals surface area contributed by atoms with Gasteiger partial charge in [0.2, 0.25) is 0 Å². The maximum absolute atomic E-state index is 16.1. The molecule has 32 heavy (non-hydrogen) atoms. The molecule has 10 heteroatoms. The first-order valence-corrected chi connectivity index (χ1v) is 13.4. The van der Waals surface area contributed by atoms with Gasteiger partial charge in [-0.1, -0.05) is 35.9 Å². The second kappa shape index (κ2) is 8.85. The van der Waals surface area contributed by atoms with E-state index in [-0.39, 0.29) is 17.1 Å². The Hall–Kier alpha value is -1.81. The van der Waals surface area contributed by atoms with Crippen molar-refractivity contribution < 1.29 is 17.6 Å². The van der Waals surface area contributed by atoms with E-state index in [1.54, 1.807) is 12.1 Å². The van der Waals surface area contributed by atoms with Crippen LogP contribution in [0.5, 0.6) is 0 Å². The molecule has 1 aromatic heterocycles. The highest BCUT2D eigenvalue weighted by atomic mass is 79.9. The summed E-state index contributed by atoms with van der Waals surface area (Å²) in [6.07, 6.45) is 2.04. The normalized spacial score (nSPS) is 20.3. The Morgan fingerprint density at radius 1 is 1.31 bits per heavy atom. The van der Waals surface area contributed by atoms with Crippen LogP contribution in [-0.2, 0) is 21.3 Å². The maximum Gasteiger partial charge on any atom is 0.278 e. The van der Waals surface area contributed by atoms with Gasteiger partial charge in [-0.05, 0) is 52.2 Å². The summed E-state index contributed by atoms with van der Waals surface area (Å²) < 4.78 is 42.3. The lowest BCUT2D eigenvalue weighted by Crippen LogP contribution is -2.53. The standard InChI is InChI=1S/C22H19BrClFN2O3S2/c1-14-4-2-3-5-15(14)10-17-12-26-21(31-17)22(25)13-27(8-9-32(22,29)30)20(28)16-6-7-18(23)19(24)11-16/h2-7,11-12H,8-10,13H2,1H3/t22-/m1/s1. The van der Waals surface area contributed by atoms with Crippen LogP contribution in [-0.4, -0.2) is 43.1 Å². The van der Waals surface area contributed by atoms with Crippen molar-refractivity contribution in [2.75, 3.05) is 18.8 Å². The number of rotatable bonds is 4. The average Bonchev–Trinajstić information content (AvgIpc) is 3.22.